The molecule has 1 rings (SSSR count). The van der Waals surface area contributed by atoms with Gasteiger partial charge in [-0.25, -0.2) is 4.39 Å². The fraction of sp³-hybridized carbons (Fsp3) is 0.333. The van der Waals surface area contributed by atoms with Gasteiger partial charge in [-0.1, -0.05) is 24.8 Å². The molecule has 0 spiro atoms. The van der Waals surface area contributed by atoms with Gasteiger partial charge in [0.1, 0.15) is 12.1 Å². The zero-order valence-corrected chi connectivity index (χ0v) is 9.11. The highest BCUT2D eigenvalue weighted by Crippen LogP contribution is 2.38. The summed E-state index contributed by atoms with van der Waals surface area (Å²) < 4.78 is 51.3. The molecule has 92 valence electrons. The van der Waals surface area contributed by atoms with Crippen LogP contribution < -0.4 is 0 Å². The predicted octanol–water partition coefficient (Wildman–Crippen LogP) is 3.75. The van der Waals surface area contributed by atoms with Crippen molar-refractivity contribution < 1.29 is 17.6 Å². The Morgan fingerprint density at radius 2 is 2.06 bits per heavy atom. The number of hydrogen-bond acceptors (Lipinski definition) is 1. The summed E-state index contributed by atoms with van der Waals surface area (Å²) in [5.41, 5.74) is 2.03. The Hall–Kier alpha value is -1.61. The summed E-state index contributed by atoms with van der Waals surface area (Å²) in [6.07, 6.45) is -3.72. The lowest BCUT2D eigenvalue weighted by Crippen LogP contribution is -2.33. The summed E-state index contributed by atoms with van der Waals surface area (Å²) in [7, 11) is 0. The Labute approximate surface area is 96.3 Å². The van der Waals surface area contributed by atoms with Crippen molar-refractivity contribution in [2.45, 2.75) is 19.3 Å². The van der Waals surface area contributed by atoms with Gasteiger partial charge in [-0.15, -0.1) is 5.73 Å². The van der Waals surface area contributed by atoms with Crippen molar-refractivity contribution in [1.82, 2.24) is 0 Å². The summed E-state index contributed by atoms with van der Waals surface area (Å²) in [6.45, 7) is 4.61. The van der Waals surface area contributed by atoms with Gasteiger partial charge < -0.3 is 5.41 Å². The number of rotatable bonds is 2. The molecule has 1 aliphatic carbocycles. The molecule has 2 unspecified atom stereocenters. The van der Waals surface area contributed by atoms with Gasteiger partial charge in [0, 0.05) is 16.9 Å². The molecule has 1 nitrogen and oxygen atoms in total. The van der Waals surface area contributed by atoms with Crippen LogP contribution in [0.25, 0.3) is 0 Å². The second-order valence-electron chi connectivity index (χ2n) is 3.65. The molecule has 0 aromatic rings. The van der Waals surface area contributed by atoms with Crippen molar-refractivity contribution in [3.63, 3.8) is 0 Å². The summed E-state index contributed by atoms with van der Waals surface area (Å²) in [5, 5.41) is 7.35. The lowest BCUT2D eigenvalue weighted by molar-refractivity contribution is -0.172. The van der Waals surface area contributed by atoms with E-state index in [9.17, 15) is 17.6 Å². The fourth-order valence-corrected chi connectivity index (χ4v) is 1.61. The Morgan fingerprint density at radius 1 is 1.47 bits per heavy atom. The SMILES string of the molecule is C=C=C(C(C)=N)C1=CC=CC(C(F)(F)F)C1F. The molecule has 5 heteroatoms. The van der Waals surface area contributed by atoms with E-state index in [1.54, 1.807) is 0 Å². The first-order valence-corrected chi connectivity index (χ1v) is 4.84. The molecule has 0 aromatic carbocycles. The molecule has 0 aromatic heterocycles. The minimum atomic E-state index is -4.64. The van der Waals surface area contributed by atoms with Crippen molar-refractivity contribution in [3.8, 4) is 0 Å². The van der Waals surface area contributed by atoms with E-state index in [4.69, 9.17) is 5.41 Å². The zero-order valence-electron chi connectivity index (χ0n) is 9.11. The van der Waals surface area contributed by atoms with Crippen molar-refractivity contribution in [1.29, 1.82) is 5.41 Å². The summed E-state index contributed by atoms with van der Waals surface area (Å²) in [6, 6.07) is 0. The van der Waals surface area contributed by atoms with E-state index in [-0.39, 0.29) is 16.9 Å². The van der Waals surface area contributed by atoms with Crippen molar-refractivity contribution in [2.75, 3.05) is 0 Å². The quantitative estimate of drug-likeness (QED) is 0.435. The van der Waals surface area contributed by atoms with Crippen molar-refractivity contribution in [2.24, 2.45) is 5.92 Å². The third-order valence-electron chi connectivity index (χ3n) is 2.43. The number of halogens is 4. The van der Waals surface area contributed by atoms with Gasteiger partial charge in [0.15, 0.2) is 0 Å². The maximum atomic E-state index is 13.8. The first-order chi connectivity index (χ1) is 7.79. The Kier molecular flexibility index (Phi) is 3.73. The molecular formula is C12H11F4N. The summed E-state index contributed by atoms with van der Waals surface area (Å²) in [5.74, 6) is -2.18. The molecule has 17 heavy (non-hydrogen) atoms. The van der Waals surface area contributed by atoms with Crippen molar-refractivity contribution in [3.05, 3.63) is 41.7 Å². The monoisotopic (exact) mass is 245 g/mol. The van der Waals surface area contributed by atoms with E-state index in [1.807, 2.05) is 0 Å². The molecule has 0 fully saturated rings. The maximum Gasteiger partial charge on any atom is 0.398 e. The van der Waals surface area contributed by atoms with Crippen LogP contribution in [0.5, 0.6) is 0 Å². The van der Waals surface area contributed by atoms with E-state index < -0.39 is 18.3 Å². The largest absolute Gasteiger partial charge is 0.398 e. The predicted molar refractivity (Wildman–Crippen MR) is 57.7 cm³/mol. The highest BCUT2D eigenvalue weighted by atomic mass is 19.4. The molecule has 0 saturated heterocycles. The molecule has 0 radical (unpaired) electrons. The molecule has 0 heterocycles. The van der Waals surface area contributed by atoms with E-state index in [0.29, 0.717) is 0 Å². The molecule has 0 saturated carbocycles. The second-order valence-corrected chi connectivity index (χ2v) is 3.65. The van der Waals surface area contributed by atoms with Crippen LogP contribution >= 0.6 is 0 Å². The Morgan fingerprint density at radius 3 is 2.47 bits per heavy atom. The van der Waals surface area contributed by atoms with Crippen LogP contribution in [-0.2, 0) is 0 Å². The normalized spacial score (nSPS) is 23.9. The van der Waals surface area contributed by atoms with Gasteiger partial charge in [0.25, 0.3) is 0 Å². The van der Waals surface area contributed by atoms with E-state index in [1.165, 1.54) is 13.0 Å². The number of hydrogen-bond donors (Lipinski definition) is 1. The molecule has 2 atom stereocenters. The average molecular weight is 245 g/mol. The second kappa shape index (κ2) is 4.72. The minimum absolute atomic E-state index is 0.0175. The first kappa shape index (κ1) is 13.5. The number of nitrogens with one attached hydrogen (secondary N) is 1. The van der Waals surface area contributed by atoms with Gasteiger partial charge in [-0.2, -0.15) is 13.2 Å². The molecule has 0 aliphatic heterocycles. The molecule has 0 amide bonds. The molecule has 1 N–H and O–H groups in total. The first-order valence-electron chi connectivity index (χ1n) is 4.84. The highest BCUT2D eigenvalue weighted by molar-refractivity contribution is 6.00. The fourth-order valence-electron chi connectivity index (χ4n) is 1.61. The van der Waals surface area contributed by atoms with Crippen LogP contribution in [0.4, 0.5) is 17.6 Å². The molecule has 1 aliphatic rings. The standard InChI is InChI=1S/C12H11F4N/c1-3-8(7(2)17)9-5-4-6-10(11(9)13)12(14,15)16/h4-6,10-11,17H,1H2,2H3. The van der Waals surface area contributed by atoms with Gasteiger partial charge in [-0.3, -0.25) is 0 Å². The Balaban J connectivity index is 3.14. The number of alkyl halides is 4. The summed E-state index contributed by atoms with van der Waals surface area (Å²) >= 11 is 0. The third-order valence-corrected chi connectivity index (χ3v) is 2.43. The minimum Gasteiger partial charge on any atom is -0.304 e. The maximum absolute atomic E-state index is 13.8. The number of allylic oxidation sites excluding steroid dienone is 5. The lowest BCUT2D eigenvalue weighted by atomic mass is 9.86. The summed E-state index contributed by atoms with van der Waals surface area (Å²) in [4.78, 5) is 0. The van der Waals surface area contributed by atoms with E-state index in [0.717, 1.165) is 12.2 Å². The van der Waals surface area contributed by atoms with Gasteiger partial charge >= 0.3 is 6.18 Å². The van der Waals surface area contributed by atoms with Gasteiger partial charge in [0.05, 0.1) is 0 Å². The third kappa shape index (κ3) is 2.74. The Bertz CT molecular complexity index is 436. The van der Waals surface area contributed by atoms with E-state index in [2.05, 4.69) is 12.3 Å². The smallest absolute Gasteiger partial charge is 0.304 e. The van der Waals surface area contributed by atoms with Crippen LogP contribution in [0, 0.1) is 11.3 Å². The molecular weight excluding hydrogens is 234 g/mol. The zero-order chi connectivity index (χ0) is 13.2. The van der Waals surface area contributed by atoms with Crippen LogP contribution in [0.3, 0.4) is 0 Å². The van der Waals surface area contributed by atoms with Gasteiger partial charge in [0.2, 0.25) is 0 Å². The van der Waals surface area contributed by atoms with E-state index >= 15 is 0 Å². The van der Waals surface area contributed by atoms with Crippen LogP contribution in [-0.4, -0.2) is 18.1 Å². The highest BCUT2D eigenvalue weighted by Gasteiger charge is 2.46. The van der Waals surface area contributed by atoms with Crippen LogP contribution in [0.2, 0.25) is 0 Å². The molecule has 0 bridgehead atoms. The lowest BCUT2D eigenvalue weighted by Gasteiger charge is -2.25. The van der Waals surface area contributed by atoms with Crippen LogP contribution in [0.15, 0.2) is 41.7 Å². The average Bonchev–Trinajstić information content (AvgIpc) is 2.19. The van der Waals surface area contributed by atoms with Gasteiger partial charge in [-0.05, 0) is 6.92 Å². The van der Waals surface area contributed by atoms with Crippen molar-refractivity contribution >= 4 is 5.71 Å². The van der Waals surface area contributed by atoms with Crippen LogP contribution in [0.1, 0.15) is 6.92 Å². The topological polar surface area (TPSA) is 23.9 Å².